The highest BCUT2D eigenvalue weighted by Crippen LogP contribution is 2.30. The minimum atomic E-state index is -0.618. The van der Waals surface area contributed by atoms with Crippen molar-refractivity contribution in [2.45, 2.75) is 32.9 Å². The molecule has 0 saturated carbocycles. The van der Waals surface area contributed by atoms with Gasteiger partial charge in [-0.2, -0.15) is 0 Å². The predicted octanol–water partition coefficient (Wildman–Crippen LogP) is 5.46. The average Bonchev–Trinajstić information content (AvgIpc) is 3.21. The van der Waals surface area contributed by atoms with Gasteiger partial charge in [0.2, 0.25) is 0 Å². The molecule has 0 saturated heterocycles. The second-order valence-electron chi connectivity index (χ2n) is 8.53. The molecule has 170 valence electrons. The molecule has 33 heavy (non-hydrogen) atoms. The van der Waals surface area contributed by atoms with Crippen LogP contribution in [-0.4, -0.2) is 33.8 Å². The molecule has 0 aliphatic rings. The fourth-order valence-corrected chi connectivity index (χ4v) is 3.37. The van der Waals surface area contributed by atoms with Crippen LogP contribution in [0.4, 0.5) is 9.18 Å². The predicted molar refractivity (Wildman–Crippen MR) is 124 cm³/mol. The molecule has 2 N–H and O–H groups in total. The number of benzene rings is 2. The van der Waals surface area contributed by atoms with E-state index in [0.717, 1.165) is 16.9 Å². The number of carbonyl (C=O) groups excluding carboxylic acids is 1. The molecule has 1 amide bonds. The van der Waals surface area contributed by atoms with Crippen molar-refractivity contribution in [3.05, 3.63) is 66.1 Å². The number of alkyl carbamates (subject to hydrolysis) is 1. The minimum absolute atomic E-state index is 0.0246. The first-order chi connectivity index (χ1) is 15.7. The second kappa shape index (κ2) is 8.90. The number of rotatable bonds is 5. The van der Waals surface area contributed by atoms with Crippen LogP contribution >= 0.6 is 0 Å². The molecule has 0 aliphatic carbocycles. The number of pyridine rings is 1. The fraction of sp³-hybridized carbons (Fsp3) is 0.240. The number of fused-ring (bicyclic) bond motifs is 1. The second-order valence-corrected chi connectivity index (χ2v) is 8.53. The lowest BCUT2D eigenvalue weighted by Gasteiger charge is -2.19. The number of imidazole rings is 1. The number of H-pyrrole nitrogens is 1. The third kappa shape index (κ3) is 5.11. The summed E-state index contributed by atoms with van der Waals surface area (Å²) in [6, 6.07) is 14.2. The molecule has 0 spiro atoms. The molecule has 2 aromatic carbocycles. The first kappa shape index (κ1) is 22.3. The summed E-state index contributed by atoms with van der Waals surface area (Å²) in [6.07, 6.45) is 1.06. The van der Waals surface area contributed by atoms with Crippen molar-refractivity contribution >= 4 is 17.3 Å². The topological polar surface area (TPSA) is 89.1 Å². The molecular formula is C25H25FN4O3. The number of nitrogens with zero attached hydrogens (tertiary/aromatic N) is 2. The maximum atomic E-state index is 14.8. The van der Waals surface area contributed by atoms with Gasteiger partial charge in [0.25, 0.3) is 0 Å². The Morgan fingerprint density at radius 3 is 2.48 bits per heavy atom. The molecule has 0 aliphatic heterocycles. The Hall–Kier alpha value is -3.94. The van der Waals surface area contributed by atoms with Crippen LogP contribution in [0.2, 0.25) is 0 Å². The molecule has 0 bridgehead atoms. The van der Waals surface area contributed by atoms with E-state index in [1.165, 1.54) is 6.07 Å². The highest BCUT2D eigenvalue weighted by Gasteiger charge is 2.17. The molecule has 2 aromatic heterocycles. The third-order valence-corrected chi connectivity index (χ3v) is 4.93. The van der Waals surface area contributed by atoms with Gasteiger partial charge in [0, 0.05) is 29.4 Å². The third-order valence-electron chi connectivity index (χ3n) is 4.93. The number of aromatic nitrogens is 3. The van der Waals surface area contributed by atoms with Crippen molar-refractivity contribution in [3.63, 3.8) is 0 Å². The Morgan fingerprint density at radius 2 is 1.82 bits per heavy atom. The number of nitrogens with one attached hydrogen (secondary N) is 2. The summed E-state index contributed by atoms with van der Waals surface area (Å²) in [5.74, 6) is 0.982. The van der Waals surface area contributed by atoms with Gasteiger partial charge in [-0.1, -0.05) is 12.1 Å². The van der Waals surface area contributed by atoms with Crippen LogP contribution in [0.5, 0.6) is 5.75 Å². The molecule has 2 heterocycles. The van der Waals surface area contributed by atoms with Crippen LogP contribution in [0, 0.1) is 5.82 Å². The zero-order valence-electron chi connectivity index (χ0n) is 18.9. The number of amides is 1. The summed E-state index contributed by atoms with van der Waals surface area (Å²) in [7, 11) is 1.62. The van der Waals surface area contributed by atoms with Gasteiger partial charge in [0.15, 0.2) is 5.65 Å². The van der Waals surface area contributed by atoms with E-state index in [1.54, 1.807) is 52.3 Å². The standard InChI is InChI=1S/C25H25FN4O3/c1-25(2,3)33-24(31)28-14-17-6-5-16(13-20(17)26)19-11-12-27-23-21(19)29-22(30-23)15-7-9-18(32-4)10-8-15/h5-13H,14H2,1-4H3,(H,28,31)(H,27,29,30). The summed E-state index contributed by atoms with van der Waals surface area (Å²) < 4.78 is 25.2. The summed E-state index contributed by atoms with van der Waals surface area (Å²) in [6.45, 7) is 5.34. The molecule has 0 fully saturated rings. The van der Waals surface area contributed by atoms with Gasteiger partial charge in [0.05, 0.1) is 7.11 Å². The van der Waals surface area contributed by atoms with Crippen molar-refractivity contribution in [1.29, 1.82) is 0 Å². The molecule has 0 atom stereocenters. The van der Waals surface area contributed by atoms with Gasteiger partial charge in [0.1, 0.15) is 28.5 Å². The lowest BCUT2D eigenvalue weighted by Crippen LogP contribution is -2.32. The van der Waals surface area contributed by atoms with Crippen LogP contribution in [0.1, 0.15) is 26.3 Å². The Balaban J connectivity index is 1.59. The van der Waals surface area contributed by atoms with E-state index in [1.807, 2.05) is 24.3 Å². The summed E-state index contributed by atoms with van der Waals surface area (Å²) >= 11 is 0. The van der Waals surface area contributed by atoms with Crippen molar-refractivity contribution in [3.8, 4) is 28.3 Å². The highest BCUT2D eigenvalue weighted by molar-refractivity contribution is 5.91. The molecule has 8 heteroatoms. The van der Waals surface area contributed by atoms with E-state index in [-0.39, 0.29) is 6.54 Å². The number of hydrogen-bond acceptors (Lipinski definition) is 5. The van der Waals surface area contributed by atoms with E-state index < -0.39 is 17.5 Å². The number of methoxy groups -OCH3 is 1. The first-order valence-electron chi connectivity index (χ1n) is 10.5. The molecule has 0 radical (unpaired) electrons. The number of hydrogen-bond donors (Lipinski definition) is 2. The Morgan fingerprint density at radius 1 is 1.09 bits per heavy atom. The Labute approximate surface area is 191 Å². The van der Waals surface area contributed by atoms with Crippen LogP contribution in [0.3, 0.4) is 0 Å². The summed E-state index contributed by atoms with van der Waals surface area (Å²) in [5, 5.41) is 2.58. The smallest absolute Gasteiger partial charge is 0.407 e. The Bertz CT molecular complexity index is 1290. The minimum Gasteiger partial charge on any atom is -0.497 e. The summed E-state index contributed by atoms with van der Waals surface area (Å²) in [5.41, 5.74) is 3.28. The van der Waals surface area contributed by atoms with Gasteiger partial charge >= 0.3 is 6.09 Å². The maximum absolute atomic E-state index is 14.8. The molecule has 0 unspecified atom stereocenters. The van der Waals surface area contributed by atoms with Crippen LogP contribution in [0.25, 0.3) is 33.7 Å². The van der Waals surface area contributed by atoms with Crippen LogP contribution in [0.15, 0.2) is 54.7 Å². The van der Waals surface area contributed by atoms with E-state index in [4.69, 9.17) is 14.5 Å². The van der Waals surface area contributed by atoms with Crippen molar-refractivity contribution in [1.82, 2.24) is 20.3 Å². The van der Waals surface area contributed by atoms with Crippen LogP contribution < -0.4 is 10.1 Å². The van der Waals surface area contributed by atoms with Gasteiger partial charge in [-0.25, -0.2) is 19.2 Å². The number of halogens is 1. The first-order valence-corrected chi connectivity index (χ1v) is 10.5. The highest BCUT2D eigenvalue weighted by atomic mass is 19.1. The van der Waals surface area contributed by atoms with Gasteiger partial charge in [-0.05, 0) is 62.7 Å². The van der Waals surface area contributed by atoms with E-state index in [0.29, 0.717) is 28.1 Å². The van der Waals surface area contributed by atoms with Crippen molar-refractivity contribution in [2.24, 2.45) is 0 Å². The Kier molecular flexibility index (Phi) is 6.00. The number of ether oxygens (including phenoxy) is 2. The quantitative estimate of drug-likeness (QED) is 0.423. The number of aromatic amines is 1. The molecule has 4 rings (SSSR count). The largest absolute Gasteiger partial charge is 0.497 e. The van der Waals surface area contributed by atoms with Crippen LogP contribution in [-0.2, 0) is 11.3 Å². The zero-order valence-corrected chi connectivity index (χ0v) is 18.9. The zero-order chi connectivity index (χ0) is 23.6. The van der Waals surface area contributed by atoms with Crippen molar-refractivity contribution in [2.75, 3.05) is 7.11 Å². The molecular weight excluding hydrogens is 423 g/mol. The maximum Gasteiger partial charge on any atom is 0.407 e. The fourth-order valence-electron chi connectivity index (χ4n) is 3.37. The van der Waals surface area contributed by atoms with Gasteiger partial charge in [-0.3, -0.25) is 0 Å². The van der Waals surface area contributed by atoms with E-state index >= 15 is 0 Å². The van der Waals surface area contributed by atoms with Gasteiger partial charge < -0.3 is 19.8 Å². The van der Waals surface area contributed by atoms with Gasteiger partial charge in [-0.15, -0.1) is 0 Å². The van der Waals surface area contributed by atoms with E-state index in [9.17, 15) is 9.18 Å². The monoisotopic (exact) mass is 448 g/mol. The average molecular weight is 448 g/mol. The van der Waals surface area contributed by atoms with Crippen molar-refractivity contribution < 1.29 is 18.7 Å². The lowest BCUT2D eigenvalue weighted by atomic mass is 10.0. The normalized spacial score (nSPS) is 11.4. The SMILES string of the molecule is COc1ccc(-c2nc3c(-c4ccc(CNC(=O)OC(C)(C)C)c(F)c4)ccnc3[nH]2)cc1. The molecule has 7 nitrogen and oxygen atoms in total. The summed E-state index contributed by atoms with van der Waals surface area (Å²) in [4.78, 5) is 24.1. The lowest BCUT2D eigenvalue weighted by molar-refractivity contribution is 0.0523. The van der Waals surface area contributed by atoms with E-state index in [2.05, 4.69) is 15.3 Å². The number of carbonyl (C=O) groups is 1. The molecule has 4 aromatic rings.